The molecule has 4 amide bonds. The molecule has 0 bridgehead atoms. The second-order valence-corrected chi connectivity index (χ2v) is 25.2. The van der Waals surface area contributed by atoms with Gasteiger partial charge < -0.3 is 48.6 Å². The SMILES string of the molecule is COc1cc2ncnc(Sc3cccc(NC(=O)N(c4cc(C(C)(C)C)on4)N(C(=O)Nc4cccc(Sc5ncnc6cc(OC)c(OCCN7CCN(C)CC7)cc56)c4)c4cc(C(C)(C)C)on4)c3)c2cc1OCCN1CCC(CO)CC1. The Bertz CT molecular complexity index is 3610. The standard InChI is InChI=1S/C61H73N13O9S2/c1-60(2,3)52-34-54(68-82-52)73(58(76)66-40-12-10-14-42(28-40)84-56-44-30-50(48(78-8)32-46(44)62-37-64-56)80-26-24-71-18-16-39(36-75)17-19-71)74(55-35-53(83-69-55)61(4,5)6)59(77)67-41-13-11-15-43(29-41)85-57-45-31-51(49(79-9)33-47(45)63-38-65-57)81-27-25-72-22-20-70(7)21-23-72/h10-15,28-35,37-39,75H,16-27,36H2,1-9H3,(H,66,76)(H,67,77). The van der Waals surface area contributed by atoms with Crippen molar-refractivity contribution in [2.24, 2.45) is 5.92 Å². The summed E-state index contributed by atoms with van der Waals surface area (Å²) in [5.74, 6) is 3.53. The van der Waals surface area contributed by atoms with E-state index in [0.717, 1.165) is 95.8 Å². The summed E-state index contributed by atoms with van der Waals surface area (Å²) in [5, 5.41) is 29.4. The molecular formula is C61H73N13O9S2. The minimum atomic E-state index is -0.773. The van der Waals surface area contributed by atoms with Gasteiger partial charge in [0.1, 0.15) is 47.4 Å². The highest BCUT2D eigenvalue weighted by atomic mass is 32.2. The Kier molecular flexibility index (Phi) is 18.9. The van der Waals surface area contributed by atoms with Gasteiger partial charge in [0.05, 0.1) is 25.3 Å². The van der Waals surface area contributed by atoms with Crippen molar-refractivity contribution in [1.82, 2.24) is 44.9 Å². The summed E-state index contributed by atoms with van der Waals surface area (Å²) < 4.78 is 35.9. The van der Waals surface area contributed by atoms with Crippen LogP contribution in [0.4, 0.5) is 32.6 Å². The van der Waals surface area contributed by atoms with Gasteiger partial charge in [-0.15, -0.1) is 0 Å². The normalized spacial score (nSPS) is 14.8. The number of ether oxygens (including phenoxy) is 4. The number of hydrogen-bond donors (Lipinski definition) is 3. The molecule has 0 saturated carbocycles. The quantitative estimate of drug-likeness (QED) is 0.0504. The van der Waals surface area contributed by atoms with Crippen LogP contribution in [0.3, 0.4) is 0 Å². The van der Waals surface area contributed by atoms with Gasteiger partial charge in [0.15, 0.2) is 23.0 Å². The summed E-state index contributed by atoms with van der Waals surface area (Å²) in [5.41, 5.74) is 1.08. The number of benzene rings is 4. The van der Waals surface area contributed by atoms with E-state index in [1.807, 2.05) is 96.1 Å². The maximum atomic E-state index is 15.2. The van der Waals surface area contributed by atoms with Gasteiger partial charge in [-0.25, -0.2) is 29.5 Å². The molecule has 4 aromatic carbocycles. The number of nitrogens with one attached hydrogen (secondary N) is 2. The smallest absolute Gasteiger partial charge is 0.347 e. The van der Waals surface area contributed by atoms with Crippen LogP contribution in [0.2, 0.25) is 0 Å². The molecule has 0 aliphatic carbocycles. The van der Waals surface area contributed by atoms with Crippen molar-refractivity contribution in [3.05, 3.63) is 109 Å². The number of nitrogens with zero attached hydrogens (tertiary/aromatic N) is 11. The largest absolute Gasteiger partial charge is 0.493 e. The van der Waals surface area contributed by atoms with Crippen LogP contribution >= 0.6 is 23.5 Å². The number of amides is 4. The Labute approximate surface area is 502 Å². The van der Waals surface area contributed by atoms with Crippen LogP contribution in [0.1, 0.15) is 65.9 Å². The summed E-state index contributed by atoms with van der Waals surface area (Å²) in [4.78, 5) is 57.5. The molecule has 2 fully saturated rings. The van der Waals surface area contributed by atoms with Gasteiger partial charge in [-0.2, -0.15) is 10.0 Å². The number of carbonyl (C=O) groups excluding carboxylic acids is 2. The molecule has 85 heavy (non-hydrogen) atoms. The molecular weight excluding hydrogens is 1120 g/mol. The van der Waals surface area contributed by atoms with Crippen LogP contribution in [0.25, 0.3) is 21.8 Å². The van der Waals surface area contributed by atoms with E-state index >= 15 is 9.59 Å². The Morgan fingerprint density at radius 3 is 1.47 bits per heavy atom. The number of likely N-dealkylation sites (N-methyl/N-ethyl adjacent to an activating group) is 1. The number of fused-ring (bicyclic) bond motifs is 2. The predicted molar refractivity (Wildman–Crippen MR) is 328 cm³/mol. The summed E-state index contributed by atoms with van der Waals surface area (Å²) in [7, 11) is 5.35. The molecule has 4 aromatic heterocycles. The number of piperidine rings is 1. The number of anilines is 4. The number of hydrazine groups is 1. The molecule has 448 valence electrons. The van der Waals surface area contributed by atoms with Crippen LogP contribution in [0.5, 0.6) is 23.0 Å². The van der Waals surface area contributed by atoms with E-state index < -0.39 is 22.9 Å². The highest BCUT2D eigenvalue weighted by Gasteiger charge is 2.37. The lowest BCUT2D eigenvalue weighted by molar-refractivity contribution is 0.118. The van der Waals surface area contributed by atoms with Crippen molar-refractivity contribution < 1.29 is 42.7 Å². The summed E-state index contributed by atoms with van der Waals surface area (Å²) in [6.45, 7) is 20.2. The van der Waals surface area contributed by atoms with E-state index in [4.69, 9.17) is 28.0 Å². The fraction of sp³-hybridized carbons (Fsp3) is 0.410. The highest BCUT2D eigenvalue weighted by Crippen LogP contribution is 2.41. The number of rotatable bonds is 19. The summed E-state index contributed by atoms with van der Waals surface area (Å²) in [6, 6.07) is 23.7. The van der Waals surface area contributed by atoms with E-state index in [9.17, 15) is 5.11 Å². The Hall–Kier alpha value is -7.74. The van der Waals surface area contributed by atoms with Gasteiger partial charge in [0.25, 0.3) is 0 Å². The molecule has 2 saturated heterocycles. The van der Waals surface area contributed by atoms with E-state index in [0.29, 0.717) is 86.1 Å². The maximum absolute atomic E-state index is 15.2. The zero-order valence-electron chi connectivity index (χ0n) is 49.5. The number of urea groups is 2. The minimum Gasteiger partial charge on any atom is -0.493 e. The fourth-order valence-electron chi connectivity index (χ4n) is 9.71. The first-order chi connectivity index (χ1) is 40.9. The number of likely N-dealkylation sites (tertiary alicyclic amines) is 1. The number of carbonyl (C=O) groups is 2. The van der Waals surface area contributed by atoms with Crippen LogP contribution in [-0.4, -0.2) is 156 Å². The maximum Gasteiger partial charge on any atom is 0.347 e. The van der Waals surface area contributed by atoms with Gasteiger partial charge in [-0.3, -0.25) is 9.80 Å². The molecule has 8 aromatic rings. The molecule has 0 atom stereocenters. The van der Waals surface area contributed by atoms with Gasteiger partial charge in [0.2, 0.25) is 11.6 Å². The van der Waals surface area contributed by atoms with Crippen molar-refractivity contribution in [1.29, 1.82) is 0 Å². The average molecular weight is 1200 g/mol. The Balaban J connectivity index is 0.911. The number of aliphatic hydroxyl groups is 1. The van der Waals surface area contributed by atoms with Gasteiger partial charge in [0, 0.05) is 113 Å². The third-order valence-electron chi connectivity index (χ3n) is 14.8. The van der Waals surface area contributed by atoms with Crippen LogP contribution in [0, 0.1) is 5.92 Å². The first-order valence-electron chi connectivity index (χ1n) is 28.3. The molecule has 24 heteroatoms. The average Bonchev–Trinajstić information content (AvgIpc) is 3.28. The zero-order chi connectivity index (χ0) is 59.8. The van der Waals surface area contributed by atoms with Crippen molar-refractivity contribution in [3.8, 4) is 23.0 Å². The molecule has 2 aliphatic heterocycles. The number of methoxy groups -OCH3 is 2. The van der Waals surface area contributed by atoms with E-state index in [-0.39, 0.29) is 18.2 Å². The third-order valence-corrected chi connectivity index (χ3v) is 16.8. The fourth-order valence-corrected chi connectivity index (χ4v) is 11.6. The Morgan fingerprint density at radius 1 is 0.612 bits per heavy atom. The lowest BCUT2D eigenvalue weighted by Gasteiger charge is -2.32. The Morgan fingerprint density at radius 2 is 1.06 bits per heavy atom. The highest BCUT2D eigenvalue weighted by molar-refractivity contribution is 7.99. The monoisotopic (exact) mass is 1200 g/mol. The number of aromatic nitrogens is 6. The molecule has 10 rings (SSSR count). The molecule has 22 nitrogen and oxygen atoms in total. The first-order valence-corrected chi connectivity index (χ1v) is 29.9. The van der Waals surface area contributed by atoms with Crippen molar-refractivity contribution in [2.45, 2.75) is 85.1 Å². The molecule has 6 heterocycles. The minimum absolute atomic E-state index is 0.00420. The second kappa shape index (κ2) is 26.7. The van der Waals surface area contributed by atoms with E-state index in [1.165, 1.54) is 36.2 Å². The zero-order valence-corrected chi connectivity index (χ0v) is 51.1. The molecule has 2 aliphatic rings. The van der Waals surface area contributed by atoms with Crippen LogP contribution in [-0.2, 0) is 10.8 Å². The van der Waals surface area contributed by atoms with Crippen LogP contribution in [0.15, 0.2) is 126 Å². The third kappa shape index (κ3) is 14.9. The summed E-state index contributed by atoms with van der Waals surface area (Å²) in [6.07, 6.45) is 4.93. The first kappa shape index (κ1) is 60.4. The molecule has 0 unspecified atom stereocenters. The van der Waals surface area contributed by atoms with Crippen molar-refractivity contribution in [2.75, 3.05) is 114 Å². The van der Waals surface area contributed by atoms with Gasteiger partial charge in [-0.1, -0.05) is 87.5 Å². The lowest BCUT2D eigenvalue weighted by Crippen LogP contribution is -2.54. The van der Waals surface area contributed by atoms with Crippen LogP contribution < -0.4 is 39.6 Å². The second-order valence-electron chi connectivity index (χ2n) is 23.0. The van der Waals surface area contributed by atoms with Crippen molar-refractivity contribution >= 4 is 80.4 Å². The lowest BCUT2D eigenvalue weighted by atomic mass is 9.93. The van der Waals surface area contributed by atoms with E-state index in [1.54, 1.807) is 44.6 Å². The van der Waals surface area contributed by atoms with Gasteiger partial charge >= 0.3 is 12.1 Å². The topological polar surface area (TPSA) is 235 Å². The number of hydrogen-bond acceptors (Lipinski definition) is 20. The predicted octanol–water partition coefficient (Wildman–Crippen LogP) is 10.9. The number of piperazine rings is 1. The molecule has 3 N–H and O–H groups in total. The summed E-state index contributed by atoms with van der Waals surface area (Å²) >= 11 is 2.77. The molecule has 0 radical (unpaired) electrons. The van der Waals surface area contributed by atoms with Crippen molar-refractivity contribution in [3.63, 3.8) is 0 Å². The van der Waals surface area contributed by atoms with E-state index in [2.05, 4.69) is 62.6 Å². The van der Waals surface area contributed by atoms with Gasteiger partial charge in [-0.05, 0) is 87.4 Å². The molecule has 0 spiro atoms. The number of aliphatic hydroxyl groups excluding tert-OH is 1.